The summed E-state index contributed by atoms with van der Waals surface area (Å²) in [6.07, 6.45) is 5.62. The van der Waals surface area contributed by atoms with Crippen LogP contribution in [0.3, 0.4) is 0 Å². The molecule has 0 unspecified atom stereocenters. The first-order valence-electron chi connectivity index (χ1n) is 12.3. The summed E-state index contributed by atoms with van der Waals surface area (Å²) in [4.78, 5) is 17.6. The number of piperidine rings is 2. The molecular formula is C28H35N3O. The lowest BCUT2D eigenvalue weighted by Gasteiger charge is -2.35. The van der Waals surface area contributed by atoms with Crippen LogP contribution in [0.1, 0.15) is 48.9 Å². The van der Waals surface area contributed by atoms with Crippen molar-refractivity contribution < 1.29 is 4.79 Å². The zero-order valence-corrected chi connectivity index (χ0v) is 19.3. The molecule has 32 heavy (non-hydrogen) atoms. The second-order valence-electron chi connectivity index (χ2n) is 9.71. The second kappa shape index (κ2) is 9.50. The van der Waals surface area contributed by atoms with Crippen molar-refractivity contribution in [3.8, 4) is 0 Å². The van der Waals surface area contributed by atoms with Gasteiger partial charge in [-0.05, 0) is 75.2 Å². The van der Waals surface area contributed by atoms with Gasteiger partial charge in [0.2, 0.25) is 5.91 Å². The molecule has 0 bridgehead atoms. The molecule has 0 radical (unpaired) electrons. The number of hydrogen-bond acceptors (Lipinski definition) is 2. The van der Waals surface area contributed by atoms with Gasteiger partial charge in [0.15, 0.2) is 0 Å². The molecule has 4 nitrogen and oxygen atoms in total. The van der Waals surface area contributed by atoms with Crippen molar-refractivity contribution in [3.05, 3.63) is 71.4 Å². The number of para-hydroxylation sites is 1. The first kappa shape index (κ1) is 21.3. The van der Waals surface area contributed by atoms with Crippen LogP contribution in [0.4, 0.5) is 0 Å². The number of likely N-dealkylation sites (tertiary alicyclic amines) is 2. The molecule has 2 saturated heterocycles. The van der Waals surface area contributed by atoms with Gasteiger partial charge in [-0.1, -0.05) is 48.0 Å². The Bertz CT molecular complexity index is 1070. The van der Waals surface area contributed by atoms with Crippen molar-refractivity contribution in [2.45, 2.75) is 52.1 Å². The van der Waals surface area contributed by atoms with E-state index in [9.17, 15) is 4.79 Å². The Morgan fingerprint density at radius 1 is 0.875 bits per heavy atom. The van der Waals surface area contributed by atoms with Gasteiger partial charge in [0.25, 0.3) is 0 Å². The van der Waals surface area contributed by atoms with E-state index in [0.29, 0.717) is 5.91 Å². The Labute approximate surface area is 191 Å². The number of aromatic nitrogens is 1. The molecule has 4 heteroatoms. The lowest BCUT2D eigenvalue weighted by molar-refractivity contribution is -0.138. The quantitative estimate of drug-likeness (QED) is 0.556. The van der Waals surface area contributed by atoms with E-state index in [1.165, 1.54) is 47.0 Å². The van der Waals surface area contributed by atoms with Gasteiger partial charge in [-0.3, -0.25) is 9.69 Å². The zero-order valence-electron chi connectivity index (χ0n) is 19.3. The third kappa shape index (κ3) is 4.61. The Balaban J connectivity index is 1.29. The maximum atomic E-state index is 12.9. The minimum Gasteiger partial charge on any atom is -0.342 e. The van der Waals surface area contributed by atoms with Crippen LogP contribution in [0.25, 0.3) is 10.9 Å². The molecule has 1 aromatic heterocycles. The van der Waals surface area contributed by atoms with E-state index < -0.39 is 0 Å². The second-order valence-corrected chi connectivity index (χ2v) is 9.71. The molecule has 0 N–H and O–H groups in total. The highest BCUT2D eigenvalue weighted by atomic mass is 16.2. The summed E-state index contributed by atoms with van der Waals surface area (Å²) in [5, 5.41) is 1.31. The molecule has 5 rings (SSSR count). The monoisotopic (exact) mass is 429 g/mol. The maximum Gasteiger partial charge on any atom is 0.225 e. The number of carbonyl (C=O) groups excluding carboxylic acids is 1. The molecule has 3 heterocycles. The van der Waals surface area contributed by atoms with Crippen molar-refractivity contribution in [2.75, 3.05) is 26.2 Å². The largest absolute Gasteiger partial charge is 0.342 e. The minimum absolute atomic E-state index is 0.225. The van der Waals surface area contributed by atoms with Crippen LogP contribution in [-0.2, 0) is 17.9 Å². The summed E-state index contributed by atoms with van der Waals surface area (Å²) >= 11 is 0. The number of rotatable bonds is 5. The normalized spacial score (nSPS) is 18.3. The predicted molar refractivity (Wildman–Crippen MR) is 131 cm³/mol. The number of aryl methyl sites for hydroxylation is 1. The summed E-state index contributed by atoms with van der Waals surface area (Å²) < 4.78 is 2.48. The maximum absolute atomic E-state index is 12.9. The van der Waals surface area contributed by atoms with Gasteiger partial charge in [-0.15, -0.1) is 0 Å². The van der Waals surface area contributed by atoms with Gasteiger partial charge < -0.3 is 9.47 Å². The van der Waals surface area contributed by atoms with E-state index in [1.54, 1.807) is 0 Å². The molecule has 1 amide bonds. The first-order chi connectivity index (χ1) is 15.7. The Morgan fingerprint density at radius 3 is 2.44 bits per heavy atom. The highest BCUT2D eigenvalue weighted by molar-refractivity contribution is 5.81. The molecule has 2 fully saturated rings. The van der Waals surface area contributed by atoms with Gasteiger partial charge in [-0.2, -0.15) is 0 Å². The molecule has 0 atom stereocenters. The molecular weight excluding hydrogens is 394 g/mol. The van der Waals surface area contributed by atoms with E-state index in [0.717, 1.165) is 52.1 Å². The minimum atomic E-state index is 0.225. The molecule has 3 aromatic rings. The first-order valence-corrected chi connectivity index (χ1v) is 12.3. The van der Waals surface area contributed by atoms with Crippen LogP contribution in [0.2, 0.25) is 0 Å². The number of benzene rings is 2. The summed E-state index contributed by atoms with van der Waals surface area (Å²) in [6.45, 7) is 7.97. The van der Waals surface area contributed by atoms with Crippen molar-refractivity contribution in [1.29, 1.82) is 0 Å². The Kier molecular flexibility index (Phi) is 6.31. The standard InChI is InChI=1S/C28H35N3O/c1-22-8-7-9-23(18-22)20-31-26(19-25-10-3-4-11-27(25)31)21-29-16-12-24(13-17-29)28(32)30-14-5-2-6-15-30/h3-4,7-11,18-19,24H,2,5-6,12-17,20-21H2,1H3. The van der Waals surface area contributed by atoms with Gasteiger partial charge in [0, 0.05) is 43.3 Å². The molecule has 2 aliphatic rings. The lowest BCUT2D eigenvalue weighted by atomic mass is 9.94. The third-order valence-corrected chi connectivity index (χ3v) is 7.31. The van der Waals surface area contributed by atoms with E-state index in [4.69, 9.17) is 0 Å². The van der Waals surface area contributed by atoms with E-state index in [-0.39, 0.29) is 5.92 Å². The number of fused-ring (bicyclic) bond motifs is 1. The molecule has 2 aliphatic heterocycles. The topological polar surface area (TPSA) is 28.5 Å². The predicted octanol–water partition coefficient (Wildman–Crippen LogP) is 5.22. The van der Waals surface area contributed by atoms with Crippen molar-refractivity contribution in [1.82, 2.24) is 14.4 Å². The fourth-order valence-corrected chi connectivity index (χ4v) is 5.52. The molecule has 2 aromatic carbocycles. The average Bonchev–Trinajstić information content (AvgIpc) is 3.16. The number of amides is 1. The number of nitrogens with zero attached hydrogens (tertiary/aromatic N) is 3. The fraction of sp³-hybridized carbons (Fsp3) is 0.464. The molecule has 0 saturated carbocycles. The summed E-state index contributed by atoms with van der Waals surface area (Å²) in [5.74, 6) is 0.639. The summed E-state index contributed by atoms with van der Waals surface area (Å²) in [7, 11) is 0. The van der Waals surface area contributed by atoms with Crippen molar-refractivity contribution in [3.63, 3.8) is 0 Å². The Hall–Kier alpha value is -2.59. The lowest BCUT2D eigenvalue weighted by Crippen LogP contribution is -2.44. The van der Waals surface area contributed by atoms with Crippen LogP contribution >= 0.6 is 0 Å². The summed E-state index contributed by atoms with van der Waals surface area (Å²) in [5.41, 5.74) is 5.33. The van der Waals surface area contributed by atoms with Crippen LogP contribution in [0, 0.1) is 12.8 Å². The molecule has 168 valence electrons. The third-order valence-electron chi connectivity index (χ3n) is 7.31. The van der Waals surface area contributed by atoms with E-state index >= 15 is 0 Å². The zero-order chi connectivity index (χ0) is 21.9. The van der Waals surface area contributed by atoms with Crippen molar-refractivity contribution >= 4 is 16.8 Å². The molecule has 0 spiro atoms. The van der Waals surface area contributed by atoms with Crippen LogP contribution < -0.4 is 0 Å². The van der Waals surface area contributed by atoms with Gasteiger partial charge in [0.05, 0.1) is 0 Å². The summed E-state index contributed by atoms with van der Waals surface area (Å²) in [6, 6.07) is 19.9. The van der Waals surface area contributed by atoms with Gasteiger partial charge in [-0.25, -0.2) is 0 Å². The van der Waals surface area contributed by atoms with Crippen LogP contribution in [0.5, 0.6) is 0 Å². The highest BCUT2D eigenvalue weighted by Gasteiger charge is 2.29. The number of hydrogen-bond donors (Lipinski definition) is 0. The van der Waals surface area contributed by atoms with E-state index in [1.807, 2.05) is 0 Å². The van der Waals surface area contributed by atoms with E-state index in [2.05, 4.69) is 75.9 Å². The van der Waals surface area contributed by atoms with Gasteiger partial charge >= 0.3 is 0 Å². The van der Waals surface area contributed by atoms with Crippen LogP contribution in [0.15, 0.2) is 54.6 Å². The number of carbonyl (C=O) groups is 1. The van der Waals surface area contributed by atoms with Crippen LogP contribution in [-0.4, -0.2) is 46.5 Å². The smallest absolute Gasteiger partial charge is 0.225 e. The Morgan fingerprint density at radius 2 is 1.66 bits per heavy atom. The average molecular weight is 430 g/mol. The van der Waals surface area contributed by atoms with Gasteiger partial charge in [0.1, 0.15) is 0 Å². The SMILES string of the molecule is Cc1cccc(Cn2c(CN3CCC(C(=O)N4CCCCC4)CC3)cc3ccccc32)c1. The highest BCUT2D eigenvalue weighted by Crippen LogP contribution is 2.26. The fourth-order valence-electron chi connectivity index (χ4n) is 5.52. The molecule has 0 aliphatic carbocycles. The van der Waals surface area contributed by atoms with Crippen molar-refractivity contribution in [2.24, 2.45) is 5.92 Å².